The van der Waals surface area contributed by atoms with Crippen molar-refractivity contribution in [3.8, 4) is 0 Å². The van der Waals surface area contributed by atoms with Gasteiger partial charge in [-0.1, -0.05) is 0 Å². The van der Waals surface area contributed by atoms with Gasteiger partial charge in [0.05, 0.1) is 0 Å². The van der Waals surface area contributed by atoms with Gasteiger partial charge >= 0.3 is 0 Å². The number of nitrogens with one attached hydrogen (secondary N) is 1. The third-order valence-electron chi connectivity index (χ3n) is 3.84. The Kier molecular flexibility index (Phi) is 4.22. The number of likely N-dealkylation sites (tertiary alicyclic amines) is 1. The number of amides is 1. The van der Waals surface area contributed by atoms with Crippen LogP contribution in [0.1, 0.15) is 45.4 Å². The topological polar surface area (TPSA) is 32.3 Å². The lowest BCUT2D eigenvalue weighted by atomic mass is 10.1. The fraction of sp³-hybridized carbons (Fsp3) is 0.923. The van der Waals surface area contributed by atoms with Crippen molar-refractivity contribution in [2.45, 2.75) is 51.5 Å². The molecule has 1 saturated heterocycles. The standard InChI is InChI=1S/C13H24N2O/c1-11(12-5-6-12)14-8-7-13(16)15-9-3-2-4-10-15/h11-12,14H,2-10H2,1H3. The van der Waals surface area contributed by atoms with Crippen molar-refractivity contribution in [3.63, 3.8) is 0 Å². The Morgan fingerprint density at radius 2 is 2.00 bits per heavy atom. The van der Waals surface area contributed by atoms with E-state index in [0.717, 1.165) is 25.6 Å². The van der Waals surface area contributed by atoms with Gasteiger partial charge in [-0.15, -0.1) is 0 Å². The molecule has 0 spiro atoms. The number of nitrogens with zero attached hydrogens (tertiary/aromatic N) is 1. The summed E-state index contributed by atoms with van der Waals surface area (Å²) < 4.78 is 0. The van der Waals surface area contributed by atoms with Crippen LogP contribution >= 0.6 is 0 Å². The van der Waals surface area contributed by atoms with Gasteiger partial charge in [0, 0.05) is 32.1 Å². The van der Waals surface area contributed by atoms with Crippen LogP contribution in [0.3, 0.4) is 0 Å². The Bertz CT molecular complexity index is 232. The van der Waals surface area contributed by atoms with Crippen LogP contribution in [-0.4, -0.2) is 36.5 Å². The molecule has 1 heterocycles. The minimum atomic E-state index is 0.343. The van der Waals surface area contributed by atoms with Crippen molar-refractivity contribution >= 4 is 5.91 Å². The maximum atomic E-state index is 11.9. The van der Waals surface area contributed by atoms with Gasteiger partial charge < -0.3 is 10.2 Å². The van der Waals surface area contributed by atoms with E-state index in [2.05, 4.69) is 12.2 Å². The summed E-state index contributed by atoms with van der Waals surface area (Å²) in [6, 6.07) is 0.606. The van der Waals surface area contributed by atoms with E-state index < -0.39 is 0 Å². The Hall–Kier alpha value is -0.570. The average Bonchev–Trinajstić information content (AvgIpc) is 3.14. The fourth-order valence-corrected chi connectivity index (χ4v) is 2.47. The number of piperidine rings is 1. The summed E-state index contributed by atoms with van der Waals surface area (Å²) >= 11 is 0. The maximum absolute atomic E-state index is 11.9. The van der Waals surface area contributed by atoms with Crippen LogP contribution in [0.4, 0.5) is 0 Å². The molecule has 2 aliphatic rings. The zero-order chi connectivity index (χ0) is 11.4. The van der Waals surface area contributed by atoms with Gasteiger partial charge in [-0.05, 0) is 44.9 Å². The van der Waals surface area contributed by atoms with Crippen LogP contribution in [0.5, 0.6) is 0 Å². The maximum Gasteiger partial charge on any atom is 0.223 e. The van der Waals surface area contributed by atoms with Crippen molar-refractivity contribution in [1.29, 1.82) is 0 Å². The molecule has 2 fully saturated rings. The van der Waals surface area contributed by atoms with E-state index in [1.165, 1.54) is 32.1 Å². The minimum absolute atomic E-state index is 0.343. The Morgan fingerprint density at radius 1 is 1.31 bits per heavy atom. The van der Waals surface area contributed by atoms with Crippen LogP contribution in [0.25, 0.3) is 0 Å². The molecular weight excluding hydrogens is 200 g/mol. The second-order valence-electron chi connectivity index (χ2n) is 5.27. The summed E-state index contributed by atoms with van der Waals surface area (Å²) in [5.41, 5.74) is 0. The first-order valence-corrected chi connectivity index (χ1v) is 6.78. The van der Waals surface area contributed by atoms with E-state index in [4.69, 9.17) is 0 Å². The largest absolute Gasteiger partial charge is 0.343 e. The number of hydrogen-bond donors (Lipinski definition) is 1. The van der Waals surface area contributed by atoms with Gasteiger partial charge in [-0.25, -0.2) is 0 Å². The summed E-state index contributed by atoms with van der Waals surface area (Å²) in [4.78, 5) is 13.9. The van der Waals surface area contributed by atoms with E-state index in [1.54, 1.807) is 0 Å². The molecule has 0 aromatic heterocycles. The normalized spacial score (nSPS) is 23.2. The van der Waals surface area contributed by atoms with Crippen molar-refractivity contribution in [2.75, 3.05) is 19.6 Å². The molecule has 0 aromatic carbocycles. The molecule has 1 saturated carbocycles. The predicted octanol–water partition coefficient (Wildman–Crippen LogP) is 1.78. The van der Waals surface area contributed by atoms with Gasteiger partial charge in [0.15, 0.2) is 0 Å². The quantitative estimate of drug-likeness (QED) is 0.772. The summed E-state index contributed by atoms with van der Waals surface area (Å²) in [6.07, 6.45) is 7.09. The fourth-order valence-electron chi connectivity index (χ4n) is 2.47. The SMILES string of the molecule is CC(NCCC(=O)N1CCCCC1)C1CC1. The lowest BCUT2D eigenvalue weighted by Crippen LogP contribution is -2.38. The second-order valence-corrected chi connectivity index (χ2v) is 5.27. The number of carbonyl (C=O) groups excluding carboxylic acids is 1. The smallest absolute Gasteiger partial charge is 0.223 e. The van der Waals surface area contributed by atoms with Gasteiger partial charge in [0.2, 0.25) is 5.91 Å². The van der Waals surface area contributed by atoms with Crippen molar-refractivity contribution in [1.82, 2.24) is 10.2 Å². The van der Waals surface area contributed by atoms with Crippen molar-refractivity contribution in [2.24, 2.45) is 5.92 Å². The zero-order valence-electron chi connectivity index (χ0n) is 10.4. The Labute approximate surface area is 98.6 Å². The monoisotopic (exact) mass is 224 g/mol. The van der Waals surface area contributed by atoms with Gasteiger partial charge in [-0.2, -0.15) is 0 Å². The molecule has 1 aliphatic heterocycles. The molecule has 1 unspecified atom stereocenters. The first kappa shape index (κ1) is 11.9. The predicted molar refractivity (Wildman–Crippen MR) is 65.2 cm³/mol. The van der Waals surface area contributed by atoms with E-state index in [1.807, 2.05) is 4.90 Å². The van der Waals surface area contributed by atoms with Gasteiger partial charge in [0.25, 0.3) is 0 Å². The van der Waals surface area contributed by atoms with E-state index in [9.17, 15) is 4.79 Å². The lowest BCUT2D eigenvalue weighted by Gasteiger charge is -2.27. The minimum Gasteiger partial charge on any atom is -0.343 e. The number of carbonyl (C=O) groups is 1. The molecule has 0 radical (unpaired) electrons. The summed E-state index contributed by atoms with van der Waals surface area (Å²) in [5, 5.41) is 3.47. The molecule has 1 N–H and O–H groups in total. The molecule has 1 atom stereocenters. The molecule has 1 aliphatic carbocycles. The van der Waals surface area contributed by atoms with Crippen LogP contribution in [0.2, 0.25) is 0 Å². The molecule has 16 heavy (non-hydrogen) atoms. The zero-order valence-corrected chi connectivity index (χ0v) is 10.4. The molecule has 3 heteroatoms. The van der Waals surface area contributed by atoms with Crippen molar-refractivity contribution in [3.05, 3.63) is 0 Å². The molecule has 0 bridgehead atoms. The van der Waals surface area contributed by atoms with Crippen LogP contribution < -0.4 is 5.32 Å². The Morgan fingerprint density at radius 3 is 2.62 bits per heavy atom. The molecule has 2 rings (SSSR count). The number of rotatable bonds is 5. The number of hydrogen-bond acceptors (Lipinski definition) is 2. The third kappa shape index (κ3) is 3.48. The highest BCUT2D eigenvalue weighted by Crippen LogP contribution is 2.32. The summed E-state index contributed by atoms with van der Waals surface area (Å²) in [6.45, 7) is 5.06. The molecule has 0 aromatic rings. The summed E-state index contributed by atoms with van der Waals surface area (Å²) in [7, 11) is 0. The third-order valence-corrected chi connectivity index (χ3v) is 3.84. The van der Waals surface area contributed by atoms with Gasteiger partial charge in [-0.3, -0.25) is 4.79 Å². The Balaban J connectivity index is 1.59. The van der Waals surface area contributed by atoms with E-state index >= 15 is 0 Å². The molecular formula is C13H24N2O. The van der Waals surface area contributed by atoms with E-state index in [-0.39, 0.29) is 0 Å². The molecule has 1 amide bonds. The lowest BCUT2D eigenvalue weighted by molar-refractivity contribution is -0.132. The van der Waals surface area contributed by atoms with Gasteiger partial charge in [0.1, 0.15) is 0 Å². The molecule has 92 valence electrons. The first-order valence-electron chi connectivity index (χ1n) is 6.78. The van der Waals surface area contributed by atoms with E-state index in [0.29, 0.717) is 18.4 Å². The summed E-state index contributed by atoms with van der Waals surface area (Å²) in [5.74, 6) is 1.22. The first-order chi connectivity index (χ1) is 7.77. The van der Waals surface area contributed by atoms with Crippen LogP contribution in [0, 0.1) is 5.92 Å². The molecule has 3 nitrogen and oxygen atoms in total. The highest BCUT2D eigenvalue weighted by molar-refractivity contribution is 5.76. The average molecular weight is 224 g/mol. The second kappa shape index (κ2) is 5.67. The highest BCUT2D eigenvalue weighted by Gasteiger charge is 2.27. The van der Waals surface area contributed by atoms with Crippen LogP contribution in [-0.2, 0) is 4.79 Å². The van der Waals surface area contributed by atoms with Crippen LogP contribution in [0.15, 0.2) is 0 Å². The van der Waals surface area contributed by atoms with Crippen molar-refractivity contribution < 1.29 is 4.79 Å². The highest BCUT2D eigenvalue weighted by atomic mass is 16.2.